The van der Waals surface area contributed by atoms with Crippen LogP contribution >= 0.6 is 23.4 Å². The Balaban J connectivity index is 1.80. The summed E-state index contributed by atoms with van der Waals surface area (Å²) < 4.78 is 0. The van der Waals surface area contributed by atoms with Crippen molar-refractivity contribution in [2.45, 2.75) is 31.0 Å². The summed E-state index contributed by atoms with van der Waals surface area (Å²) in [7, 11) is 0. The Labute approximate surface area is 129 Å². The van der Waals surface area contributed by atoms with E-state index < -0.39 is 0 Å². The topological polar surface area (TPSA) is 40.7 Å². The van der Waals surface area contributed by atoms with E-state index in [9.17, 15) is 0 Å². The molecule has 2 aromatic rings. The first-order valence-electron chi connectivity index (χ1n) is 6.75. The summed E-state index contributed by atoms with van der Waals surface area (Å²) in [5, 5.41) is 4.17. The minimum Gasteiger partial charge on any atom is -0.344 e. The lowest BCUT2D eigenvalue weighted by molar-refractivity contribution is 0.549. The van der Waals surface area contributed by atoms with Gasteiger partial charge in [0.05, 0.1) is 5.75 Å². The van der Waals surface area contributed by atoms with Gasteiger partial charge in [-0.25, -0.2) is 4.98 Å². The number of hydrogen-bond donors (Lipinski definition) is 2. The number of benzene rings is 1. The second kappa shape index (κ2) is 7.72. The van der Waals surface area contributed by atoms with Gasteiger partial charge in [0.2, 0.25) is 0 Å². The molecule has 0 aliphatic heterocycles. The lowest BCUT2D eigenvalue weighted by Gasteiger charge is -2.05. The first-order valence-corrected chi connectivity index (χ1v) is 8.11. The van der Waals surface area contributed by atoms with E-state index in [2.05, 4.69) is 35.2 Å². The van der Waals surface area contributed by atoms with Gasteiger partial charge in [-0.1, -0.05) is 31.5 Å². The van der Waals surface area contributed by atoms with E-state index in [1.165, 1.54) is 0 Å². The Hall–Kier alpha value is -0.970. The van der Waals surface area contributed by atoms with Gasteiger partial charge in [0.25, 0.3) is 0 Å². The zero-order valence-corrected chi connectivity index (χ0v) is 13.4. The van der Waals surface area contributed by atoms with Crippen LogP contribution in [0.15, 0.2) is 35.4 Å². The summed E-state index contributed by atoms with van der Waals surface area (Å²) >= 11 is 7.70. The monoisotopic (exact) mass is 309 g/mol. The van der Waals surface area contributed by atoms with Crippen LogP contribution in [0.25, 0.3) is 0 Å². The molecule has 20 heavy (non-hydrogen) atoms. The standard InChI is InChI=1S/C15H20ClN3S/c1-11(2)7-17-8-13-9-18-15(19-13)10-20-14-5-3-4-12(16)6-14/h3-6,9,11,17H,7-8,10H2,1-2H3,(H,18,19). The van der Waals surface area contributed by atoms with Gasteiger partial charge in [-0.05, 0) is 30.7 Å². The normalized spacial score (nSPS) is 11.2. The van der Waals surface area contributed by atoms with Crippen molar-refractivity contribution >= 4 is 23.4 Å². The number of thioether (sulfide) groups is 1. The van der Waals surface area contributed by atoms with E-state index in [1.807, 2.05) is 24.4 Å². The molecule has 2 N–H and O–H groups in total. The Kier molecular flexibility index (Phi) is 5.95. The van der Waals surface area contributed by atoms with Gasteiger partial charge < -0.3 is 10.3 Å². The smallest absolute Gasteiger partial charge is 0.116 e. The Morgan fingerprint density at radius 3 is 3.00 bits per heavy atom. The van der Waals surface area contributed by atoms with Gasteiger partial charge in [0.15, 0.2) is 0 Å². The van der Waals surface area contributed by atoms with Crippen LogP contribution in [-0.2, 0) is 12.3 Å². The third kappa shape index (κ3) is 5.19. The van der Waals surface area contributed by atoms with E-state index in [0.29, 0.717) is 5.92 Å². The molecule has 0 amide bonds. The van der Waals surface area contributed by atoms with Crippen molar-refractivity contribution in [1.82, 2.24) is 15.3 Å². The molecule has 0 aliphatic carbocycles. The van der Waals surface area contributed by atoms with Gasteiger partial charge in [-0.3, -0.25) is 0 Å². The summed E-state index contributed by atoms with van der Waals surface area (Å²) in [4.78, 5) is 8.91. The van der Waals surface area contributed by atoms with Crippen molar-refractivity contribution in [1.29, 1.82) is 0 Å². The fourth-order valence-electron chi connectivity index (χ4n) is 1.77. The van der Waals surface area contributed by atoms with Crippen molar-refractivity contribution in [3.63, 3.8) is 0 Å². The third-order valence-corrected chi connectivity index (χ3v) is 3.96. The third-order valence-electron chi connectivity index (χ3n) is 2.72. The Morgan fingerprint density at radius 2 is 2.25 bits per heavy atom. The predicted octanol–water partition coefficient (Wildman–Crippen LogP) is 4.10. The van der Waals surface area contributed by atoms with Crippen LogP contribution in [-0.4, -0.2) is 16.5 Å². The number of hydrogen-bond acceptors (Lipinski definition) is 3. The maximum absolute atomic E-state index is 5.97. The van der Waals surface area contributed by atoms with E-state index in [-0.39, 0.29) is 0 Å². The molecular formula is C15H20ClN3S. The molecule has 0 aliphatic rings. The summed E-state index contributed by atoms with van der Waals surface area (Å²) in [5.41, 5.74) is 1.13. The number of halogens is 1. The first kappa shape index (κ1) is 15.4. The molecule has 0 bridgehead atoms. The number of aromatic nitrogens is 2. The molecule has 1 aromatic carbocycles. The van der Waals surface area contributed by atoms with Crippen LogP contribution in [0.3, 0.4) is 0 Å². The highest BCUT2D eigenvalue weighted by molar-refractivity contribution is 7.98. The maximum Gasteiger partial charge on any atom is 0.116 e. The number of nitrogens with one attached hydrogen (secondary N) is 2. The predicted molar refractivity (Wildman–Crippen MR) is 86.1 cm³/mol. The van der Waals surface area contributed by atoms with E-state index in [0.717, 1.165) is 40.3 Å². The number of rotatable bonds is 7. The SMILES string of the molecule is CC(C)CNCc1cnc(CSc2cccc(Cl)c2)[nH]1. The Morgan fingerprint density at radius 1 is 1.40 bits per heavy atom. The average Bonchev–Trinajstić information content (AvgIpc) is 2.84. The van der Waals surface area contributed by atoms with Crippen LogP contribution in [0.2, 0.25) is 5.02 Å². The van der Waals surface area contributed by atoms with Crippen LogP contribution in [0.1, 0.15) is 25.4 Å². The van der Waals surface area contributed by atoms with Crippen molar-refractivity contribution in [2.24, 2.45) is 5.92 Å². The van der Waals surface area contributed by atoms with E-state index in [1.54, 1.807) is 11.8 Å². The van der Waals surface area contributed by atoms with Gasteiger partial charge in [-0.15, -0.1) is 11.8 Å². The molecule has 1 heterocycles. The zero-order chi connectivity index (χ0) is 14.4. The number of H-pyrrole nitrogens is 1. The minimum absolute atomic E-state index is 0.663. The van der Waals surface area contributed by atoms with Crippen molar-refractivity contribution in [2.75, 3.05) is 6.54 Å². The largest absolute Gasteiger partial charge is 0.344 e. The highest BCUT2D eigenvalue weighted by atomic mass is 35.5. The Bertz CT molecular complexity index is 539. The average molecular weight is 310 g/mol. The molecule has 0 saturated heterocycles. The van der Waals surface area contributed by atoms with Crippen molar-refractivity contribution in [3.05, 3.63) is 47.0 Å². The van der Waals surface area contributed by atoms with Crippen LogP contribution in [0, 0.1) is 5.92 Å². The minimum atomic E-state index is 0.663. The molecule has 5 heteroatoms. The van der Waals surface area contributed by atoms with Gasteiger partial charge in [0.1, 0.15) is 5.82 Å². The van der Waals surface area contributed by atoms with Gasteiger partial charge in [-0.2, -0.15) is 0 Å². The lowest BCUT2D eigenvalue weighted by Crippen LogP contribution is -2.19. The fraction of sp³-hybridized carbons (Fsp3) is 0.400. The highest BCUT2D eigenvalue weighted by Crippen LogP contribution is 2.24. The lowest BCUT2D eigenvalue weighted by atomic mass is 10.2. The summed E-state index contributed by atoms with van der Waals surface area (Å²) in [5.74, 6) is 2.48. The highest BCUT2D eigenvalue weighted by Gasteiger charge is 2.03. The molecule has 2 rings (SSSR count). The summed E-state index contributed by atoms with van der Waals surface area (Å²) in [6, 6.07) is 7.88. The molecule has 0 unspecified atom stereocenters. The van der Waals surface area contributed by atoms with Crippen LogP contribution < -0.4 is 5.32 Å². The van der Waals surface area contributed by atoms with Crippen molar-refractivity contribution in [3.8, 4) is 0 Å². The van der Waals surface area contributed by atoms with E-state index in [4.69, 9.17) is 11.6 Å². The first-order chi connectivity index (χ1) is 9.63. The van der Waals surface area contributed by atoms with Crippen LogP contribution in [0.5, 0.6) is 0 Å². The summed E-state index contributed by atoms with van der Waals surface area (Å²) in [6.07, 6.45) is 1.90. The molecule has 1 aromatic heterocycles. The number of aromatic amines is 1. The van der Waals surface area contributed by atoms with Crippen molar-refractivity contribution < 1.29 is 0 Å². The maximum atomic E-state index is 5.97. The summed E-state index contributed by atoms with van der Waals surface area (Å²) in [6.45, 7) is 6.26. The molecule has 0 atom stereocenters. The molecule has 108 valence electrons. The molecule has 0 fully saturated rings. The van der Waals surface area contributed by atoms with Gasteiger partial charge >= 0.3 is 0 Å². The van der Waals surface area contributed by atoms with Gasteiger partial charge in [0, 0.05) is 28.4 Å². The fourth-order valence-corrected chi connectivity index (χ4v) is 2.86. The molecule has 0 saturated carbocycles. The second-order valence-electron chi connectivity index (χ2n) is 5.13. The second-order valence-corrected chi connectivity index (χ2v) is 6.61. The quantitative estimate of drug-likeness (QED) is 0.757. The van der Waals surface area contributed by atoms with Crippen LogP contribution in [0.4, 0.5) is 0 Å². The molecule has 3 nitrogen and oxygen atoms in total. The van der Waals surface area contributed by atoms with E-state index >= 15 is 0 Å². The molecule has 0 spiro atoms. The number of nitrogens with zero attached hydrogens (tertiary/aromatic N) is 1. The zero-order valence-electron chi connectivity index (χ0n) is 11.8. The number of imidazole rings is 1. The molecule has 0 radical (unpaired) electrons. The molecular weight excluding hydrogens is 290 g/mol.